The Bertz CT molecular complexity index is 430. The number of nitrogens with zero attached hydrogens (tertiary/aromatic N) is 1. The molecule has 1 aromatic carbocycles. The second kappa shape index (κ2) is 6.06. The van der Waals surface area contributed by atoms with Gasteiger partial charge in [-0.1, -0.05) is 12.1 Å². The minimum Gasteiger partial charge on any atom is -0.435 e. The summed E-state index contributed by atoms with van der Waals surface area (Å²) in [7, 11) is 0. The Morgan fingerprint density at radius 2 is 1.90 bits per heavy atom. The molecule has 0 spiro atoms. The van der Waals surface area contributed by atoms with Crippen LogP contribution in [0.2, 0.25) is 0 Å². The molecule has 4 rings (SSSR count). The maximum absolute atomic E-state index is 12.1. The normalized spacial score (nSPS) is 28.9. The van der Waals surface area contributed by atoms with Gasteiger partial charge < -0.3 is 15.0 Å². The van der Waals surface area contributed by atoms with Gasteiger partial charge in [0.25, 0.3) is 0 Å². The molecule has 0 radical (unpaired) electrons. The molecule has 110 valence electrons. The van der Waals surface area contributed by atoms with Gasteiger partial charge in [-0.2, -0.15) is 8.78 Å². The number of alkyl halides is 2. The predicted molar refractivity (Wildman–Crippen MR) is 72.9 cm³/mol. The molecule has 5 heteroatoms. The summed E-state index contributed by atoms with van der Waals surface area (Å²) in [4.78, 5) is 2.51. The molecule has 0 amide bonds. The summed E-state index contributed by atoms with van der Waals surface area (Å²) in [5.74, 6) is 1.01. The average molecular weight is 282 g/mol. The van der Waals surface area contributed by atoms with E-state index in [0.717, 1.165) is 24.6 Å². The van der Waals surface area contributed by atoms with Crippen molar-refractivity contribution < 1.29 is 13.5 Å². The molecule has 0 aromatic heterocycles. The van der Waals surface area contributed by atoms with Crippen molar-refractivity contribution in [3.63, 3.8) is 0 Å². The lowest BCUT2D eigenvalue weighted by Gasteiger charge is -2.45. The van der Waals surface area contributed by atoms with Crippen LogP contribution < -0.4 is 10.1 Å². The molecule has 0 saturated carbocycles. The van der Waals surface area contributed by atoms with Crippen LogP contribution in [0.3, 0.4) is 0 Å². The highest BCUT2D eigenvalue weighted by molar-refractivity contribution is 5.27. The van der Waals surface area contributed by atoms with E-state index in [0.29, 0.717) is 6.04 Å². The molecule has 3 aliphatic heterocycles. The first-order valence-electron chi connectivity index (χ1n) is 7.20. The van der Waals surface area contributed by atoms with Gasteiger partial charge in [0.1, 0.15) is 5.75 Å². The molecule has 1 unspecified atom stereocenters. The number of halogens is 2. The number of piperidine rings is 3. The van der Waals surface area contributed by atoms with E-state index in [2.05, 4.69) is 15.0 Å². The van der Waals surface area contributed by atoms with Crippen molar-refractivity contribution in [2.45, 2.75) is 32.0 Å². The Hall–Kier alpha value is -1.20. The maximum atomic E-state index is 12.1. The van der Waals surface area contributed by atoms with E-state index in [9.17, 15) is 8.78 Å². The van der Waals surface area contributed by atoms with Crippen molar-refractivity contribution in [3.05, 3.63) is 29.8 Å². The summed E-state index contributed by atoms with van der Waals surface area (Å²) < 4.78 is 28.5. The molecular formula is C15H20F2N2O. The first-order chi connectivity index (χ1) is 9.70. The standard InChI is InChI=1S/C15H20F2N2O/c16-15(17)20-13-3-1-11(2-4-13)9-18-14-10-19-7-5-12(14)6-8-19/h1-4,12,14-15,18H,5-10H2. The zero-order valence-corrected chi connectivity index (χ0v) is 11.4. The van der Waals surface area contributed by atoms with E-state index in [1.165, 1.54) is 25.9 Å². The number of nitrogens with one attached hydrogen (secondary N) is 1. The highest BCUT2D eigenvalue weighted by Gasteiger charge is 2.33. The van der Waals surface area contributed by atoms with E-state index in [1.807, 2.05) is 12.1 Å². The number of rotatable bonds is 5. The van der Waals surface area contributed by atoms with Crippen LogP contribution in [0, 0.1) is 5.92 Å². The molecule has 3 saturated heterocycles. The van der Waals surface area contributed by atoms with Crippen LogP contribution >= 0.6 is 0 Å². The summed E-state index contributed by atoms with van der Waals surface area (Å²) >= 11 is 0. The Morgan fingerprint density at radius 1 is 1.20 bits per heavy atom. The van der Waals surface area contributed by atoms with E-state index < -0.39 is 6.61 Å². The van der Waals surface area contributed by atoms with Gasteiger partial charge in [-0.25, -0.2) is 0 Å². The lowest BCUT2D eigenvalue weighted by atomic mass is 9.84. The summed E-state index contributed by atoms with van der Waals surface area (Å²) in [6.07, 6.45) is 2.58. The van der Waals surface area contributed by atoms with Crippen LogP contribution in [-0.4, -0.2) is 37.2 Å². The van der Waals surface area contributed by atoms with Gasteiger partial charge >= 0.3 is 6.61 Å². The van der Waals surface area contributed by atoms with Crippen molar-refractivity contribution >= 4 is 0 Å². The first kappa shape index (κ1) is 13.8. The van der Waals surface area contributed by atoms with Crippen LogP contribution in [0.25, 0.3) is 0 Å². The smallest absolute Gasteiger partial charge is 0.387 e. The second-order valence-corrected chi connectivity index (χ2v) is 5.65. The zero-order chi connectivity index (χ0) is 13.9. The third kappa shape index (κ3) is 3.27. The minimum absolute atomic E-state index is 0.214. The van der Waals surface area contributed by atoms with E-state index in [4.69, 9.17) is 0 Å². The van der Waals surface area contributed by atoms with Crippen molar-refractivity contribution in [1.82, 2.24) is 10.2 Å². The van der Waals surface area contributed by atoms with Crippen LogP contribution in [0.15, 0.2) is 24.3 Å². The molecular weight excluding hydrogens is 262 g/mol. The van der Waals surface area contributed by atoms with E-state index >= 15 is 0 Å². The Kier molecular flexibility index (Phi) is 4.17. The molecule has 1 aromatic rings. The number of hydrogen-bond donors (Lipinski definition) is 1. The Labute approximate surface area is 117 Å². The third-order valence-electron chi connectivity index (χ3n) is 4.37. The molecule has 3 fully saturated rings. The monoisotopic (exact) mass is 282 g/mol. The van der Waals surface area contributed by atoms with E-state index in [1.54, 1.807) is 12.1 Å². The van der Waals surface area contributed by atoms with Crippen LogP contribution in [0.4, 0.5) is 8.78 Å². The van der Waals surface area contributed by atoms with Gasteiger partial charge in [0, 0.05) is 19.1 Å². The van der Waals surface area contributed by atoms with Crippen LogP contribution in [-0.2, 0) is 6.54 Å². The summed E-state index contributed by atoms with van der Waals surface area (Å²) in [6, 6.07) is 7.44. The highest BCUT2D eigenvalue weighted by atomic mass is 19.3. The Balaban J connectivity index is 1.51. The number of fused-ring (bicyclic) bond motifs is 3. The summed E-state index contributed by atoms with van der Waals surface area (Å²) in [5, 5.41) is 3.60. The zero-order valence-electron chi connectivity index (χ0n) is 11.4. The van der Waals surface area contributed by atoms with Crippen molar-refractivity contribution in [1.29, 1.82) is 0 Å². The van der Waals surface area contributed by atoms with Crippen LogP contribution in [0.5, 0.6) is 5.75 Å². The van der Waals surface area contributed by atoms with Gasteiger partial charge in [0.15, 0.2) is 0 Å². The van der Waals surface area contributed by atoms with Crippen LogP contribution in [0.1, 0.15) is 18.4 Å². The van der Waals surface area contributed by atoms with Gasteiger partial charge in [0.05, 0.1) is 0 Å². The van der Waals surface area contributed by atoms with Gasteiger partial charge in [-0.05, 0) is 49.5 Å². The molecule has 3 nitrogen and oxygen atoms in total. The molecule has 2 bridgehead atoms. The minimum atomic E-state index is -2.76. The van der Waals surface area contributed by atoms with Gasteiger partial charge in [0.2, 0.25) is 0 Å². The molecule has 3 aliphatic rings. The molecule has 3 heterocycles. The Morgan fingerprint density at radius 3 is 2.45 bits per heavy atom. The van der Waals surface area contributed by atoms with Gasteiger partial charge in [-0.15, -0.1) is 0 Å². The fourth-order valence-electron chi connectivity index (χ4n) is 3.23. The summed E-state index contributed by atoms with van der Waals surface area (Å²) in [6.45, 7) is 1.64. The fraction of sp³-hybridized carbons (Fsp3) is 0.600. The third-order valence-corrected chi connectivity index (χ3v) is 4.37. The first-order valence-corrected chi connectivity index (χ1v) is 7.20. The highest BCUT2D eigenvalue weighted by Crippen LogP contribution is 2.27. The summed E-state index contributed by atoms with van der Waals surface area (Å²) in [5.41, 5.74) is 1.10. The molecule has 20 heavy (non-hydrogen) atoms. The lowest BCUT2D eigenvalue weighted by Crippen LogP contribution is -2.55. The van der Waals surface area contributed by atoms with E-state index in [-0.39, 0.29) is 5.75 Å². The molecule has 0 aliphatic carbocycles. The van der Waals surface area contributed by atoms with Crippen molar-refractivity contribution in [2.24, 2.45) is 5.92 Å². The largest absolute Gasteiger partial charge is 0.435 e. The number of ether oxygens (including phenoxy) is 1. The molecule has 1 N–H and O–H groups in total. The quantitative estimate of drug-likeness (QED) is 0.898. The SMILES string of the molecule is FC(F)Oc1ccc(CNC2CN3CCC2CC3)cc1. The maximum Gasteiger partial charge on any atom is 0.387 e. The lowest BCUT2D eigenvalue weighted by molar-refractivity contribution is -0.0498. The van der Waals surface area contributed by atoms with Crippen molar-refractivity contribution in [2.75, 3.05) is 19.6 Å². The molecule has 1 atom stereocenters. The fourth-order valence-corrected chi connectivity index (χ4v) is 3.23. The topological polar surface area (TPSA) is 24.5 Å². The van der Waals surface area contributed by atoms with Crippen molar-refractivity contribution in [3.8, 4) is 5.75 Å². The number of benzene rings is 1. The number of hydrogen-bond acceptors (Lipinski definition) is 3. The predicted octanol–water partition coefficient (Wildman–Crippen LogP) is 2.47. The van der Waals surface area contributed by atoms with Gasteiger partial charge in [-0.3, -0.25) is 0 Å². The average Bonchev–Trinajstić information content (AvgIpc) is 2.47. The second-order valence-electron chi connectivity index (χ2n) is 5.65.